The van der Waals surface area contributed by atoms with Crippen LogP contribution in [0.4, 0.5) is 0 Å². The summed E-state index contributed by atoms with van der Waals surface area (Å²) in [6.07, 6.45) is 3.68. The van der Waals surface area contributed by atoms with Gasteiger partial charge in [0, 0.05) is 17.8 Å². The Bertz CT molecular complexity index is 345. The topological polar surface area (TPSA) is 49.3 Å². The van der Waals surface area contributed by atoms with Crippen molar-refractivity contribution in [3.8, 4) is 0 Å². The molecule has 0 atom stereocenters. The molecule has 0 aliphatic carbocycles. The molecule has 1 rings (SSSR count). The zero-order valence-corrected chi connectivity index (χ0v) is 12.1. The van der Waals surface area contributed by atoms with Gasteiger partial charge in [-0.1, -0.05) is 19.9 Å². The van der Waals surface area contributed by atoms with Crippen molar-refractivity contribution in [1.29, 1.82) is 0 Å². The SMILES string of the molecule is CCC(O)(CC)CNC(=O)CCCc1cccs1. The second-order valence-electron chi connectivity index (χ2n) is 4.64. The number of nitrogens with one attached hydrogen (secondary N) is 1. The summed E-state index contributed by atoms with van der Waals surface area (Å²) in [6.45, 7) is 4.23. The number of thiophene rings is 1. The van der Waals surface area contributed by atoms with Crippen molar-refractivity contribution in [3.05, 3.63) is 22.4 Å². The standard InChI is InChI=1S/C14H23NO2S/c1-3-14(17,4-2)11-15-13(16)9-5-7-12-8-6-10-18-12/h6,8,10,17H,3-5,7,9,11H2,1-2H3,(H,15,16). The molecule has 0 unspecified atom stereocenters. The average molecular weight is 269 g/mol. The second kappa shape index (κ2) is 7.54. The molecule has 2 N–H and O–H groups in total. The lowest BCUT2D eigenvalue weighted by Gasteiger charge is -2.25. The Kier molecular flexibility index (Phi) is 6.36. The van der Waals surface area contributed by atoms with E-state index < -0.39 is 5.60 Å². The highest BCUT2D eigenvalue weighted by Gasteiger charge is 2.22. The average Bonchev–Trinajstić information content (AvgIpc) is 2.89. The lowest BCUT2D eigenvalue weighted by Crippen LogP contribution is -2.41. The number of carbonyl (C=O) groups is 1. The van der Waals surface area contributed by atoms with Gasteiger partial charge in [0.25, 0.3) is 0 Å². The van der Waals surface area contributed by atoms with Gasteiger partial charge in [-0.2, -0.15) is 0 Å². The Labute approximate surface area is 113 Å². The van der Waals surface area contributed by atoms with Gasteiger partial charge in [0.05, 0.1) is 5.60 Å². The van der Waals surface area contributed by atoms with Gasteiger partial charge in [-0.3, -0.25) is 4.79 Å². The van der Waals surface area contributed by atoms with E-state index in [1.54, 1.807) is 11.3 Å². The summed E-state index contributed by atoms with van der Waals surface area (Å²) < 4.78 is 0. The fourth-order valence-electron chi connectivity index (χ4n) is 1.73. The third-order valence-electron chi connectivity index (χ3n) is 3.34. The van der Waals surface area contributed by atoms with Crippen molar-refractivity contribution < 1.29 is 9.90 Å². The first-order chi connectivity index (χ1) is 8.59. The van der Waals surface area contributed by atoms with Crippen molar-refractivity contribution in [3.63, 3.8) is 0 Å². The van der Waals surface area contributed by atoms with Gasteiger partial charge < -0.3 is 10.4 Å². The van der Waals surface area contributed by atoms with Crippen LogP contribution in [-0.2, 0) is 11.2 Å². The van der Waals surface area contributed by atoms with E-state index >= 15 is 0 Å². The smallest absolute Gasteiger partial charge is 0.220 e. The van der Waals surface area contributed by atoms with E-state index in [2.05, 4.69) is 16.8 Å². The van der Waals surface area contributed by atoms with Gasteiger partial charge in [-0.15, -0.1) is 11.3 Å². The molecule has 1 amide bonds. The first-order valence-electron chi connectivity index (χ1n) is 6.61. The van der Waals surface area contributed by atoms with E-state index in [9.17, 15) is 9.90 Å². The molecule has 0 saturated carbocycles. The highest BCUT2D eigenvalue weighted by Crippen LogP contribution is 2.14. The molecule has 1 aromatic rings. The van der Waals surface area contributed by atoms with Crippen LogP contribution in [-0.4, -0.2) is 23.2 Å². The molecule has 1 heterocycles. The molecule has 1 aromatic heterocycles. The summed E-state index contributed by atoms with van der Waals surface area (Å²) >= 11 is 1.73. The number of aryl methyl sites for hydroxylation is 1. The van der Waals surface area contributed by atoms with Crippen molar-refractivity contribution in [2.75, 3.05) is 6.54 Å². The lowest BCUT2D eigenvalue weighted by molar-refractivity contribution is -0.122. The molecule has 4 heteroatoms. The van der Waals surface area contributed by atoms with Crippen molar-refractivity contribution in [1.82, 2.24) is 5.32 Å². The zero-order chi connectivity index (χ0) is 13.4. The third-order valence-corrected chi connectivity index (χ3v) is 4.27. The van der Waals surface area contributed by atoms with E-state index in [-0.39, 0.29) is 5.91 Å². The Hall–Kier alpha value is -0.870. The number of amides is 1. The second-order valence-corrected chi connectivity index (χ2v) is 5.67. The fraction of sp³-hybridized carbons (Fsp3) is 0.643. The largest absolute Gasteiger partial charge is 0.388 e. The molecule has 0 bridgehead atoms. The molecule has 0 fully saturated rings. The lowest BCUT2D eigenvalue weighted by atomic mass is 9.97. The Balaban J connectivity index is 2.18. The molecule has 0 spiro atoms. The molecule has 0 aromatic carbocycles. The van der Waals surface area contributed by atoms with E-state index in [0.29, 0.717) is 25.8 Å². The van der Waals surface area contributed by atoms with Crippen LogP contribution in [0.25, 0.3) is 0 Å². The molecule has 18 heavy (non-hydrogen) atoms. The predicted octanol–water partition coefficient (Wildman–Crippen LogP) is 2.74. The van der Waals surface area contributed by atoms with Crippen LogP contribution in [0.3, 0.4) is 0 Å². The molecule has 3 nitrogen and oxygen atoms in total. The normalized spacial score (nSPS) is 11.5. The minimum atomic E-state index is -0.747. The van der Waals surface area contributed by atoms with Crippen LogP contribution in [0.15, 0.2) is 17.5 Å². The highest BCUT2D eigenvalue weighted by molar-refractivity contribution is 7.09. The zero-order valence-electron chi connectivity index (χ0n) is 11.2. The van der Waals surface area contributed by atoms with E-state index in [0.717, 1.165) is 12.8 Å². The van der Waals surface area contributed by atoms with Gasteiger partial charge in [-0.25, -0.2) is 0 Å². The van der Waals surface area contributed by atoms with Crippen LogP contribution < -0.4 is 5.32 Å². The first-order valence-corrected chi connectivity index (χ1v) is 7.49. The van der Waals surface area contributed by atoms with Gasteiger partial charge >= 0.3 is 0 Å². The molecule has 102 valence electrons. The summed E-state index contributed by atoms with van der Waals surface area (Å²) in [5.74, 6) is 0.0341. The van der Waals surface area contributed by atoms with Gasteiger partial charge in [0.1, 0.15) is 0 Å². The summed E-state index contributed by atoms with van der Waals surface area (Å²) in [5.41, 5.74) is -0.747. The van der Waals surface area contributed by atoms with Crippen LogP contribution in [0.5, 0.6) is 0 Å². The van der Waals surface area contributed by atoms with Crippen LogP contribution >= 0.6 is 11.3 Å². The molecule has 0 radical (unpaired) electrons. The highest BCUT2D eigenvalue weighted by atomic mass is 32.1. The summed E-state index contributed by atoms with van der Waals surface area (Å²) in [6, 6.07) is 4.12. The molecular weight excluding hydrogens is 246 g/mol. The third kappa shape index (κ3) is 5.19. The minimum absolute atomic E-state index is 0.0341. The van der Waals surface area contributed by atoms with E-state index in [4.69, 9.17) is 0 Å². The summed E-state index contributed by atoms with van der Waals surface area (Å²) in [5, 5.41) is 14.9. The van der Waals surface area contributed by atoms with Gasteiger partial charge in [0.2, 0.25) is 5.91 Å². The maximum atomic E-state index is 11.6. The number of aliphatic hydroxyl groups is 1. The fourth-order valence-corrected chi connectivity index (χ4v) is 2.48. The minimum Gasteiger partial charge on any atom is -0.388 e. The number of carbonyl (C=O) groups excluding carboxylic acids is 1. The summed E-state index contributed by atoms with van der Waals surface area (Å²) in [7, 11) is 0. The maximum absolute atomic E-state index is 11.6. The monoisotopic (exact) mass is 269 g/mol. The molecular formula is C14H23NO2S. The Morgan fingerprint density at radius 3 is 2.72 bits per heavy atom. The van der Waals surface area contributed by atoms with Crippen molar-refractivity contribution >= 4 is 17.2 Å². The summed E-state index contributed by atoms with van der Waals surface area (Å²) in [4.78, 5) is 13.0. The predicted molar refractivity (Wildman–Crippen MR) is 75.8 cm³/mol. The van der Waals surface area contributed by atoms with Crippen molar-refractivity contribution in [2.24, 2.45) is 0 Å². The van der Waals surface area contributed by atoms with E-state index in [1.807, 2.05) is 19.9 Å². The Morgan fingerprint density at radius 1 is 1.44 bits per heavy atom. The number of hydrogen-bond donors (Lipinski definition) is 2. The maximum Gasteiger partial charge on any atom is 0.220 e. The van der Waals surface area contributed by atoms with Crippen molar-refractivity contribution in [2.45, 2.75) is 51.6 Å². The molecule has 0 aliphatic heterocycles. The van der Waals surface area contributed by atoms with Gasteiger partial charge in [0.15, 0.2) is 0 Å². The number of rotatable bonds is 8. The van der Waals surface area contributed by atoms with Crippen LogP contribution in [0.2, 0.25) is 0 Å². The molecule has 0 saturated heterocycles. The molecule has 0 aliphatic rings. The van der Waals surface area contributed by atoms with E-state index in [1.165, 1.54) is 4.88 Å². The van der Waals surface area contributed by atoms with Gasteiger partial charge in [-0.05, 0) is 37.1 Å². The van der Waals surface area contributed by atoms with Crippen LogP contribution in [0, 0.1) is 0 Å². The number of hydrogen-bond acceptors (Lipinski definition) is 3. The van der Waals surface area contributed by atoms with Crippen LogP contribution in [0.1, 0.15) is 44.4 Å². The quantitative estimate of drug-likeness (QED) is 0.762. The Morgan fingerprint density at radius 2 is 2.17 bits per heavy atom. The first kappa shape index (κ1) is 15.2.